The van der Waals surface area contributed by atoms with Gasteiger partial charge in [0.25, 0.3) is 5.95 Å². The summed E-state index contributed by atoms with van der Waals surface area (Å²) in [5, 5.41) is 12.2. The zero-order valence-corrected chi connectivity index (χ0v) is 19.6. The van der Waals surface area contributed by atoms with Gasteiger partial charge in [-0.25, -0.2) is 14.8 Å². The van der Waals surface area contributed by atoms with Crippen molar-refractivity contribution in [3.63, 3.8) is 0 Å². The first-order valence-corrected chi connectivity index (χ1v) is 11.3. The van der Waals surface area contributed by atoms with Crippen molar-refractivity contribution in [1.82, 2.24) is 24.7 Å². The van der Waals surface area contributed by atoms with Crippen LogP contribution in [-0.4, -0.2) is 51.1 Å². The highest BCUT2D eigenvalue weighted by Crippen LogP contribution is 2.38. The highest BCUT2D eigenvalue weighted by Gasteiger charge is 2.25. The molecule has 0 amide bonds. The summed E-state index contributed by atoms with van der Waals surface area (Å²) in [7, 11) is 1.59. The standard InChI is InChI=1S/C25H25N7O4/c1-34-20-13-18(12-17-7-10-35-14-36-21(17)20)19(11-15-3-5-16(6-4-15)22(26)27)23-30-25(33)32(31-23)24-28-8-2-9-29-24/h2-6,8-9,12-13,19H,7,10-11,14H2,1H3,(H3,26,27)(H,30,31,33). The van der Waals surface area contributed by atoms with Crippen LogP contribution < -0.4 is 20.9 Å². The van der Waals surface area contributed by atoms with Crippen molar-refractivity contribution in [2.24, 2.45) is 5.73 Å². The fourth-order valence-corrected chi connectivity index (χ4v) is 4.19. The van der Waals surface area contributed by atoms with Crippen LogP contribution in [0.1, 0.15) is 34.0 Å². The van der Waals surface area contributed by atoms with Gasteiger partial charge < -0.3 is 19.9 Å². The second-order valence-corrected chi connectivity index (χ2v) is 8.28. The predicted molar refractivity (Wildman–Crippen MR) is 131 cm³/mol. The molecule has 3 heterocycles. The number of ether oxygens (including phenoxy) is 3. The molecule has 5 rings (SSSR count). The Bertz CT molecular complexity index is 1430. The summed E-state index contributed by atoms with van der Waals surface area (Å²) in [6.45, 7) is 0.678. The molecule has 1 aliphatic heterocycles. The first-order chi connectivity index (χ1) is 17.5. The number of rotatable bonds is 7. The molecule has 0 spiro atoms. The Morgan fingerprint density at radius 3 is 2.75 bits per heavy atom. The Labute approximate surface area is 206 Å². The third-order valence-corrected chi connectivity index (χ3v) is 5.99. The summed E-state index contributed by atoms with van der Waals surface area (Å²) in [5.74, 6) is 1.53. The van der Waals surface area contributed by atoms with Crippen molar-refractivity contribution in [1.29, 1.82) is 5.41 Å². The first kappa shape index (κ1) is 23.2. The molecule has 2 aromatic carbocycles. The summed E-state index contributed by atoms with van der Waals surface area (Å²) in [6.07, 6.45) is 4.27. The van der Waals surface area contributed by atoms with E-state index in [1.807, 2.05) is 24.3 Å². The molecular weight excluding hydrogens is 462 g/mol. The van der Waals surface area contributed by atoms with E-state index in [1.165, 1.54) is 0 Å². The molecular formula is C25H25N7O4. The van der Waals surface area contributed by atoms with Crippen LogP contribution in [0.3, 0.4) is 0 Å². The van der Waals surface area contributed by atoms with E-state index in [4.69, 9.17) is 25.4 Å². The number of aromatic amines is 1. The quantitative estimate of drug-likeness (QED) is 0.264. The topological polar surface area (TPSA) is 154 Å². The van der Waals surface area contributed by atoms with Crippen LogP contribution in [0.25, 0.3) is 5.95 Å². The molecule has 0 fully saturated rings. The van der Waals surface area contributed by atoms with E-state index in [0.717, 1.165) is 21.4 Å². The molecule has 0 saturated heterocycles. The van der Waals surface area contributed by atoms with Gasteiger partial charge in [0.15, 0.2) is 18.3 Å². The highest BCUT2D eigenvalue weighted by molar-refractivity contribution is 5.94. The monoisotopic (exact) mass is 487 g/mol. The number of nitrogens with zero attached hydrogens (tertiary/aromatic N) is 4. The van der Waals surface area contributed by atoms with E-state index < -0.39 is 5.69 Å². The molecule has 1 unspecified atom stereocenters. The molecule has 0 radical (unpaired) electrons. The van der Waals surface area contributed by atoms with Crippen molar-refractivity contribution in [2.45, 2.75) is 18.8 Å². The second-order valence-electron chi connectivity index (χ2n) is 8.28. The van der Waals surface area contributed by atoms with E-state index >= 15 is 0 Å². The Hall–Kier alpha value is -4.51. The van der Waals surface area contributed by atoms with Crippen molar-refractivity contribution in [3.05, 3.63) is 93.4 Å². The number of hydrogen-bond acceptors (Lipinski definition) is 8. The van der Waals surface area contributed by atoms with Crippen LogP contribution >= 0.6 is 0 Å². The Balaban J connectivity index is 1.61. The third-order valence-electron chi connectivity index (χ3n) is 5.99. The van der Waals surface area contributed by atoms with Gasteiger partial charge in [-0.2, -0.15) is 0 Å². The number of benzene rings is 2. The predicted octanol–water partition coefficient (Wildman–Crippen LogP) is 1.93. The van der Waals surface area contributed by atoms with Gasteiger partial charge in [0.1, 0.15) is 11.7 Å². The Morgan fingerprint density at radius 1 is 1.25 bits per heavy atom. The van der Waals surface area contributed by atoms with E-state index in [2.05, 4.69) is 20.1 Å². The maximum atomic E-state index is 12.8. The number of hydrogen-bond donors (Lipinski definition) is 3. The van der Waals surface area contributed by atoms with Crippen LogP contribution in [0.4, 0.5) is 0 Å². The smallest absolute Gasteiger partial charge is 0.350 e. The molecule has 0 aliphatic carbocycles. The molecule has 4 aromatic rings. The number of nitrogen functional groups attached to an aromatic ring is 1. The van der Waals surface area contributed by atoms with Gasteiger partial charge in [-0.15, -0.1) is 9.78 Å². The van der Waals surface area contributed by atoms with E-state index in [9.17, 15) is 4.79 Å². The second kappa shape index (κ2) is 10.0. The van der Waals surface area contributed by atoms with Crippen molar-refractivity contribution in [2.75, 3.05) is 20.5 Å². The minimum atomic E-state index is -0.438. The van der Waals surface area contributed by atoms with E-state index in [0.29, 0.717) is 42.3 Å². The minimum Gasteiger partial charge on any atom is -0.493 e. The largest absolute Gasteiger partial charge is 0.493 e. The molecule has 2 aromatic heterocycles. The normalized spacial score (nSPS) is 13.8. The molecule has 0 saturated carbocycles. The number of nitrogens with one attached hydrogen (secondary N) is 2. The number of nitrogens with two attached hydrogens (primary N) is 1. The number of aromatic nitrogens is 5. The summed E-state index contributed by atoms with van der Waals surface area (Å²) < 4.78 is 18.0. The molecule has 1 atom stereocenters. The van der Waals surface area contributed by atoms with Gasteiger partial charge in [-0.1, -0.05) is 30.3 Å². The van der Waals surface area contributed by atoms with Crippen LogP contribution in [0.15, 0.2) is 59.7 Å². The molecule has 4 N–H and O–H groups in total. The molecule has 0 bridgehead atoms. The maximum absolute atomic E-state index is 12.8. The lowest BCUT2D eigenvalue weighted by Gasteiger charge is -2.19. The molecule has 1 aliphatic rings. The summed E-state index contributed by atoms with van der Waals surface area (Å²) >= 11 is 0. The molecule has 11 nitrogen and oxygen atoms in total. The van der Waals surface area contributed by atoms with Crippen molar-refractivity contribution in [3.8, 4) is 17.4 Å². The molecule has 11 heteroatoms. The summed E-state index contributed by atoms with van der Waals surface area (Å²) in [6, 6.07) is 13.0. The fraction of sp³-hybridized carbons (Fsp3) is 0.240. The third kappa shape index (κ3) is 4.68. The van der Waals surface area contributed by atoms with Gasteiger partial charge in [0.2, 0.25) is 0 Å². The van der Waals surface area contributed by atoms with Gasteiger partial charge in [-0.3, -0.25) is 10.4 Å². The summed E-state index contributed by atoms with van der Waals surface area (Å²) in [5.41, 5.74) is 8.63. The lowest BCUT2D eigenvalue weighted by Crippen LogP contribution is -2.18. The van der Waals surface area contributed by atoms with Crippen LogP contribution in [0, 0.1) is 5.41 Å². The molecule has 36 heavy (non-hydrogen) atoms. The molecule has 184 valence electrons. The van der Waals surface area contributed by atoms with Gasteiger partial charge in [0.05, 0.1) is 13.7 Å². The zero-order valence-electron chi connectivity index (χ0n) is 19.6. The summed E-state index contributed by atoms with van der Waals surface area (Å²) in [4.78, 5) is 24.0. The van der Waals surface area contributed by atoms with Crippen LogP contribution in [0.5, 0.6) is 11.5 Å². The zero-order chi connectivity index (χ0) is 25.1. The van der Waals surface area contributed by atoms with Gasteiger partial charge >= 0.3 is 5.69 Å². The maximum Gasteiger partial charge on any atom is 0.350 e. The van der Waals surface area contributed by atoms with E-state index in [-0.39, 0.29) is 24.5 Å². The van der Waals surface area contributed by atoms with Gasteiger partial charge in [0, 0.05) is 29.4 Å². The number of methoxy groups -OCH3 is 1. The Kier molecular flexibility index (Phi) is 6.46. The average molecular weight is 488 g/mol. The fourth-order valence-electron chi connectivity index (χ4n) is 4.19. The number of fused-ring (bicyclic) bond motifs is 1. The average Bonchev–Trinajstić information content (AvgIpc) is 3.12. The van der Waals surface area contributed by atoms with E-state index in [1.54, 1.807) is 37.7 Å². The van der Waals surface area contributed by atoms with Gasteiger partial charge in [-0.05, 0) is 36.1 Å². The first-order valence-electron chi connectivity index (χ1n) is 11.3. The van der Waals surface area contributed by atoms with Crippen molar-refractivity contribution >= 4 is 5.84 Å². The highest BCUT2D eigenvalue weighted by atomic mass is 16.7. The number of amidine groups is 1. The minimum absolute atomic E-state index is 0.00161. The lowest BCUT2D eigenvalue weighted by molar-refractivity contribution is 0.0250. The van der Waals surface area contributed by atoms with Crippen LogP contribution in [-0.2, 0) is 17.6 Å². The van der Waals surface area contributed by atoms with Crippen molar-refractivity contribution < 1.29 is 14.2 Å². The van der Waals surface area contributed by atoms with Crippen LogP contribution in [0.2, 0.25) is 0 Å². The lowest BCUT2D eigenvalue weighted by atomic mass is 9.89. The Morgan fingerprint density at radius 2 is 2.03 bits per heavy atom. The SMILES string of the molecule is COc1cc(C(Cc2ccc(C(=N)N)cc2)c2nn(-c3ncccn3)c(=O)[nH]2)cc2c1OCOCC2. The number of H-pyrrole nitrogens is 1.